The number of aromatic nitrogens is 1. The van der Waals surface area contributed by atoms with Gasteiger partial charge in [0.05, 0.1) is 22.1 Å². The van der Waals surface area contributed by atoms with E-state index in [0.717, 1.165) is 26.9 Å². The molecule has 112 valence electrons. The molecule has 0 atom stereocenters. The molecule has 0 fully saturated rings. The van der Waals surface area contributed by atoms with Gasteiger partial charge in [-0.15, -0.1) is 11.3 Å². The second-order valence-electron chi connectivity index (χ2n) is 5.44. The molecule has 0 saturated heterocycles. The Morgan fingerprint density at radius 3 is 2.78 bits per heavy atom. The summed E-state index contributed by atoms with van der Waals surface area (Å²) >= 11 is 1.59. The molecule has 0 radical (unpaired) electrons. The predicted molar refractivity (Wildman–Crippen MR) is 95.9 cm³/mol. The highest BCUT2D eigenvalue weighted by atomic mass is 32.1. The van der Waals surface area contributed by atoms with E-state index in [1.807, 2.05) is 41.9 Å². The van der Waals surface area contributed by atoms with Gasteiger partial charge >= 0.3 is 0 Å². The summed E-state index contributed by atoms with van der Waals surface area (Å²) in [4.78, 5) is 16.5. The van der Waals surface area contributed by atoms with Crippen LogP contribution in [0.5, 0.6) is 0 Å². The summed E-state index contributed by atoms with van der Waals surface area (Å²) in [5.74, 6) is -0.0186. The number of carbonyl (C=O) groups is 1. The van der Waals surface area contributed by atoms with Crippen molar-refractivity contribution in [2.24, 2.45) is 0 Å². The SMILES string of the molecule is O=C(Cc1ccc2ccccc2c1)Nc1ccc2scnc2c1. The van der Waals surface area contributed by atoms with Gasteiger partial charge in [-0.2, -0.15) is 0 Å². The normalized spacial score (nSPS) is 11.0. The van der Waals surface area contributed by atoms with E-state index in [9.17, 15) is 4.79 Å². The first-order chi connectivity index (χ1) is 11.3. The molecule has 0 aliphatic rings. The fourth-order valence-corrected chi connectivity index (χ4v) is 3.33. The van der Waals surface area contributed by atoms with Crippen LogP contribution in [0.15, 0.2) is 66.2 Å². The van der Waals surface area contributed by atoms with Crippen molar-refractivity contribution in [1.82, 2.24) is 4.98 Å². The van der Waals surface area contributed by atoms with Crippen molar-refractivity contribution < 1.29 is 4.79 Å². The Kier molecular flexibility index (Phi) is 3.52. The third-order valence-corrected chi connectivity index (χ3v) is 4.60. The maximum atomic E-state index is 12.3. The number of fused-ring (bicyclic) bond motifs is 2. The molecule has 1 aromatic heterocycles. The highest BCUT2D eigenvalue weighted by molar-refractivity contribution is 7.16. The lowest BCUT2D eigenvalue weighted by molar-refractivity contribution is -0.115. The summed E-state index contributed by atoms with van der Waals surface area (Å²) in [5.41, 5.74) is 4.52. The van der Waals surface area contributed by atoms with Crippen molar-refractivity contribution in [2.45, 2.75) is 6.42 Å². The second-order valence-corrected chi connectivity index (χ2v) is 6.33. The summed E-state index contributed by atoms with van der Waals surface area (Å²) < 4.78 is 1.12. The average Bonchev–Trinajstić information content (AvgIpc) is 3.02. The molecule has 0 aliphatic heterocycles. The maximum absolute atomic E-state index is 12.3. The maximum Gasteiger partial charge on any atom is 0.228 e. The minimum absolute atomic E-state index is 0.0186. The molecule has 0 aliphatic carbocycles. The van der Waals surface area contributed by atoms with Gasteiger partial charge in [0.25, 0.3) is 0 Å². The van der Waals surface area contributed by atoms with Crippen molar-refractivity contribution in [3.63, 3.8) is 0 Å². The van der Waals surface area contributed by atoms with Crippen LogP contribution in [-0.4, -0.2) is 10.9 Å². The second kappa shape index (κ2) is 5.82. The van der Waals surface area contributed by atoms with E-state index in [0.29, 0.717) is 6.42 Å². The van der Waals surface area contributed by atoms with Crippen LogP contribution in [0.3, 0.4) is 0 Å². The Morgan fingerprint density at radius 1 is 1.00 bits per heavy atom. The molecule has 1 heterocycles. The van der Waals surface area contributed by atoms with Gasteiger partial charge in [-0.1, -0.05) is 42.5 Å². The molecule has 3 nitrogen and oxygen atoms in total. The highest BCUT2D eigenvalue weighted by Gasteiger charge is 2.06. The smallest absolute Gasteiger partial charge is 0.228 e. The van der Waals surface area contributed by atoms with E-state index in [2.05, 4.69) is 34.6 Å². The minimum atomic E-state index is -0.0186. The van der Waals surface area contributed by atoms with Crippen LogP contribution >= 0.6 is 11.3 Å². The third kappa shape index (κ3) is 2.94. The molecule has 4 heteroatoms. The summed E-state index contributed by atoms with van der Waals surface area (Å²) in [6.07, 6.45) is 0.361. The molecule has 0 bridgehead atoms. The molecule has 1 N–H and O–H groups in total. The van der Waals surface area contributed by atoms with Crippen molar-refractivity contribution in [2.75, 3.05) is 5.32 Å². The number of carbonyl (C=O) groups excluding carboxylic acids is 1. The summed E-state index contributed by atoms with van der Waals surface area (Å²) in [6.45, 7) is 0. The van der Waals surface area contributed by atoms with Gasteiger partial charge in [-0.3, -0.25) is 4.79 Å². The first-order valence-corrected chi connectivity index (χ1v) is 8.27. The Bertz CT molecular complexity index is 1010. The molecule has 3 aromatic carbocycles. The zero-order valence-corrected chi connectivity index (χ0v) is 13.1. The van der Waals surface area contributed by atoms with E-state index in [-0.39, 0.29) is 5.91 Å². The standard InChI is InChI=1S/C19H14N2OS/c22-19(21-16-7-8-18-17(11-16)20-12-23-18)10-13-5-6-14-3-1-2-4-15(14)9-13/h1-9,11-12H,10H2,(H,21,22). The summed E-state index contributed by atoms with van der Waals surface area (Å²) in [6, 6.07) is 20.1. The monoisotopic (exact) mass is 318 g/mol. The van der Waals surface area contributed by atoms with Crippen molar-refractivity contribution >= 4 is 43.9 Å². The first-order valence-electron chi connectivity index (χ1n) is 7.39. The molecule has 0 saturated carbocycles. The van der Waals surface area contributed by atoms with E-state index >= 15 is 0 Å². The zero-order valence-electron chi connectivity index (χ0n) is 12.3. The number of anilines is 1. The van der Waals surface area contributed by atoms with Gasteiger partial charge in [-0.25, -0.2) is 4.98 Å². The number of benzene rings is 3. The van der Waals surface area contributed by atoms with Crippen LogP contribution in [-0.2, 0) is 11.2 Å². The number of amides is 1. The summed E-state index contributed by atoms with van der Waals surface area (Å²) in [5, 5.41) is 5.29. The topological polar surface area (TPSA) is 42.0 Å². The predicted octanol–water partition coefficient (Wildman–Crippen LogP) is 4.63. The van der Waals surface area contributed by atoms with E-state index in [1.165, 1.54) is 5.39 Å². The molecule has 4 rings (SSSR count). The fourth-order valence-electron chi connectivity index (χ4n) is 2.67. The lowest BCUT2D eigenvalue weighted by atomic mass is 10.0. The molecular weight excluding hydrogens is 304 g/mol. The molecule has 4 aromatic rings. The number of thiazole rings is 1. The van der Waals surface area contributed by atoms with Gasteiger partial charge in [-0.05, 0) is 34.5 Å². The van der Waals surface area contributed by atoms with Gasteiger partial charge in [0, 0.05) is 5.69 Å². The largest absolute Gasteiger partial charge is 0.326 e. The number of hydrogen-bond donors (Lipinski definition) is 1. The summed E-state index contributed by atoms with van der Waals surface area (Å²) in [7, 11) is 0. The molecular formula is C19H14N2OS. The number of rotatable bonds is 3. The highest BCUT2D eigenvalue weighted by Crippen LogP contribution is 2.22. The lowest BCUT2D eigenvalue weighted by Gasteiger charge is -2.06. The zero-order chi connectivity index (χ0) is 15.6. The molecule has 0 spiro atoms. The van der Waals surface area contributed by atoms with Crippen LogP contribution in [0.25, 0.3) is 21.0 Å². The van der Waals surface area contributed by atoms with Gasteiger partial charge in [0.15, 0.2) is 0 Å². The van der Waals surface area contributed by atoms with Gasteiger partial charge in [0.1, 0.15) is 0 Å². The van der Waals surface area contributed by atoms with Crippen LogP contribution in [0.2, 0.25) is 0 Å². The van der Waals surface area contributed by atoms with Crippen molar-refractivity contribution in [1.29, 1.82) is 0 Å². The van der Waals surface area contributed by atoms with Gasteiger partial charge in [0.2, 0.25) is 5.91 Å². The Hall–Kier alpha value is -2.72. The van der Waals surface area contributed by atoms with E-state index in [4.69, 9.17) is 0 Å². The van der Waals surface area contributed by atoms with Crippen LogP contribution in [0.1, 0.15) is 5.56 Å². The lowest BCUT2D eigenvalue weighted by Crippen LogP contribution is -2.14. The molecule has 1 amide bonds. The Labute approximate surface area is 137 Å². The number of nitrogens with zero attached hydrogens (tertiary/aromatic N) is 1. The van der Waals surface area contributed by atoms with E-state index < -0.39 is 0 Å². The van der Waals surface area contributed by atoms with E-state index in [1.54, 1.807) is 11.3 Å². The van der Waals surface area contributed by atoms with Gasteiger partial charge < -0.3 is 5.32 Å². The quantitative estimate of drug-likeness (QED) is 0.598. The Morgan fingerprint density at radius 2 is 1.87 bits per heavy atom. The van der Waals surface area contributed by atoms with Crippen LogP contribution < -0.4 is 5.32 Å². The third-order valence-electron chi connectivity index (χ3n) is 3.79. The number of hydrogen-bond acceptors (Lipinski definition) is 3. The molecule has 23 heavy (non-hydrogen) atoms. The Balaban J connectivity index is 1.51. The first kappa shape index (κ1) is 13.9. The minimum Gasteiger partial charge on any atom is -0.326 e. The van der Waals surface area contributed by atoms with Crippen LogP contribution in [0.4, 0.5) is 5.69 Å². The average molecular weight is 318 g/mol. The van der Waals surface area contributed by atoms with Crippen molar-refractivity contribution in [3.05, 3.63) is 71.7 Å². The fraction of sp³-hybridized carbons (Fsp3) is 0.0526. The molecule has 0 unspecified atom stereocenters. The van der Waals surface area contributed by atoms with Crippen LogP contribution in [0, 0.1) is 0 Å². The van der Waals surface area contributed by atoms with Crippen molar-refractivity contribution in [3.8, 4) is 0 Å². The number of nitrogens with one attached hydrogen (secondary N) is 1.